The van der Waals surface area contributed by atoms with Crippen LogP contribution in [0.15, 0.2) is 42.6 Å². The fraction of sp³-hybridized carbons (Fsp3) is 0.0909. The number of hydrogen-bond donors (Lipinski definition) is 0. The highest BCUT2D eigenvalue weighted by atomic mass is 127. The first-order valence-corrected chi connectivity index (χ1v) is 5.57. The summed E-state index contributed by atoms with van der Waals surface area (Å²) in [5.41, 5.74) is -0.147. The molecule has 0 aliphatic rings. The Bertz CT molecular complexity index is 485. The highest BCUT2D eigenvalue weighted by molar-refractivity contribution is 14.1. The second kappa shape index (κ2) is 4.12. The van der Waals surface area contributed by atoms with Gasteiger partial charge in [0.25, 0.3) is 0 Å². The van der Waals surface area contributed by atoms with Gasteiger partial charge in [-0.3, -0.25) is 0 Å². The summed E-state index contributed by atoms with van der Waals surface area (Å²) in [7, 11) is 0. The molecule has 0 atom stereocenters. The Labute approximate surface area is 104 Å². The van der Waals surface area contributed by atoms with Gasteiger partial charge in [-0.2, -0.15) is 13.2 Å². The summed E-state index contributed by atoms with van der Waals surface area (Å²) in [5.74, 6) is 0. The molecule has 0 saturated heterocycles. The fourth-order valence-electron chi connectivity index (χ4n) is 1.44. The molecule has 16 heavy (non-hydrogen) atoms. The van der Waals surface area contributed by atoms with Crippen molar-refractivity contribution in [3.8, 4) is 5.69 Å². The molecule has 0 N–H and O–H groups in total. The molecule has 0 bridgehead atoms. The smallest absolute Gasteiger partial charge is 0.313 e. The van der Waals surface area contributed by atoms with E-state index in [0.717, 1.165) is 14.2 Å². The number of hydrogen-bond acceptors (Lipinski definition) is 0. The summed E-state index contributed by atoms with van der Waals surface area (Å²) in [5, 5.41) is 0. The third-order valence-electron chi connectivity index (χ3n) is 2.14. The van der Waals surface area contributed by atoms with Gasteiger partial charge in [0.1, 0.15) is 5.69 Å². The molecular formula is C11H7F3IN. The lowest BCUT2D eigenvalue weighted by Crippen LogP contribution is -2.11. The number of rotatable bonds is 1. The van der Waals surface area contributed by atoms with Crippen LogP contribution in [0, 0.1) is 3.57 Å². The zero-order valence-corrected chi connectivity index (χ0v) is 10.2. The van der Waals surface area contributed by atoms with Crippen molar-refractivity contribution in [2.75, 3.05) is 0 Å². The quantitative estimate of drug-likeness (QED) is 0.691. The van der Waals surface area contributed by atoms with E-state index in [4.69, 9.17) is 0 Å². The highest BCUT2D eigenvalue weighted by Crippen LogP contribution is 2.31. The molecule has 1 aromatic carbocycles. The molecule has 0 fully saturated rings. The lowest BCUT2D eigenvalue weighted by Gasteiger charge is -2.11. The van der Waals surface area contributed by atoms with Crippen molar-refractivity contribution in [1.29, 1.82) is 0 Å². The van der Waals surface area contributed by atoms with Crippen LogP contribution < -0.4 is 0 Å². The summed E-state index contributed by atoms with van der Waals surface area (Å²) >= 11 is 2.11. The van der Waals surface area contributed by atoms with Crippen LogP contribution in [0.3, 0.4) is 0 Å². The maximum absolute atomic E-state index is 12.6. The molecule has 5 heteroatoms. The minimum Gasteiger partial charge on any atom is -0.313 e. The van der Waals surface area contributed by atoms with Crippen molar-refractivity contribution >= 4 is 22.6 Å². The Morgan fingerprint density at radius 3 is 2.19 bits per heavy atom. The van der Waals surface area contributed by atoms with Crippen molar-refractivity contribution in [2.24, 2.45) is 0 Å². The van der Waals surface area contributed by atoms with Gasteiger partial charge < -0.3 is 4.57 Å². The van der Waals surface area contributed by atoms with Crippen LogP contribution in [-0.2, 0) is 6.18 Å². The topological polar surface area (TPSA) is 4.93 Å². The predicted molar refractivity (Wildman–Crippen MR) is 63.5 cm³/mol. The van der Waals surface area contributed by atoms with Gasteiger partial charge in [0.15, 0.2) is 0 Å². The zero-order valence-electron chi connectivity index (χ0n) is 8.00. The Hall–Kier alpha value is -0.980. The van der Waals surface area contributed by atoms with Gasteiger partial charge in [-0.25, -0.2) is 0 Å². The standard InChI is InChI=1S/C11H7F3IN/c12-11(13,14)10-2-1-7-16(10)9-5-3-8(15)4-6-9/h1-7H. The molecule has 1 aromatic heterocycles. The lowest BCUT2D eigenvalue weighted by molar-refractivity contribution is -0.142. The number of nitrogens with zero attached hydrogens (tertiary/aromatic N) is 1. The van der Waals surface area contributed by atoms with E-state index < -0.39 is 11.9 Å². The number of halogens is 4. The average Bonchev–Trinajstić information content (AvgIpc) is 2.66. The van der Waals surface area contributed by atoms with E-state index in [2.05, 4.69) is 22.6 Å². The maximum Gasteiger partial charge on any atom is 0.431 e. The molecule has 0 radical (unpaired) electrons. The lowest BCUT2D eigenvalue weighted by atomic mass is 10.3. The van der Waals surface area contributed by atoms with Gasteiger partial charge in [-0.15, -0.1) is 0 Å². The summed E-state index contributed by atoms with van der Waals surface area (Å²) in [6.07, 6.45) is -2.92. The van der Waals surface area contributed by atoms with Crippen molar-refractivity contribution in [1.82, 2.24) is 4.57 Å². The molecule has 1 heterocycles. The third kappa shape index (κ3) is 2.23. The Balaban J connectivity index is 2.49. The van der Waals surface area contributed by atoms with Gasteiger partial charge in [0.05, 0.1) is 0 Å². The first kappa shape index (κ1) is 11.5. The van der Waals surface area contributed by atoms with Crippen molar-refractivity contribution in [3.05, 3.63) is 51.9 Å². The van der Waals surface area contributed by atoms with Gasteiger partial charge in [-0.1, -0.05) is 0 Å². The molecule has 2 aromatic rings. The van der Waals surface area contributed by atoms with E-state index in [1.807, 2.05) is 0 Å². The predicted octanol–water partition coefficient (Wildman–Crippen LogP) is 4.10. The monoisotopic (exact) mass is 337 g/mol. The van der Waals surface area contributed by atoms with Crippen LogP contribution >= 0.6 is 22.6 Å². The Kier molecular flexibility index (Phi) is 2.96. The minimum absolute atomic E-state index is 0.512. The van der Waals surface area contributed by atoms with Gasteiger partial charge in [-0.05, 0) is 59.0 Å². The van der Waals surface area contributed by atoms with Gasteiger partial charge >= 0.3 is 6.18 Å². The van der Waals surface area contributed by atoms with Gasteiger partial charge in [0, 0.05) is 15.5 Å². The average molecular weight is 337 g/mol. The molecule has 0 spiro atoms. The molecule has 2 rings (SSSR count). The molecule has 0 aliphatic heterocycles. The highest BCUT2D eigenvalue weighted by Gasteiger charge is 2.34. The summed E-state index contributed by atoms with van der Waals surface area (Å²) in [4.78, 5) is 0. The zero-order chi connectivity index (χ0) is 11.8. The van der Waals surface area contributed by atoms with Crippen molar-refractivity contribution in [2.45, 2.75) is 6.18 Å². The van der Waals surface area contributed by atoms with E-state index in [1.165, 1.54) is 12.3 Å². The van der Waals surface area contributed by atoms with Crippen molar-refractivity contribution in [3.63, 3.8) is 0 Å². The summed E-state index contributed by atoms with van der Waals surface area (Å²) in [6.45, 7) is 0. The van der Waals surface area contributed by atoms with Crippen LogP contribution in [0.25, 0.3) is 5.69 Å². The second-order valence-corrected chi connectivity index (χ2v) is 4.48. The van der Waals surface area contributed by atoms with Crippen LogP contribution in [0.2, 0.25) is 0 Å². The van der Waals surface area contributed by atoms with Crippen molar-refractivity contribution < 1.29 is 13.2 Å². The molecule has 0 amide bonds. The first-order valence-electron chi connectivity index (χ1n) is 4.49. The van der Waals surface area contributed by atoms with E-state index in [0.29, 0.717) is 5.69 Å². The number of alkyl halides is 3. The van der Waals surface area contributed by atoms with E-state index >= 15 is 0 Å². The fourth-order valence-corrected chi connectivity index (χ4v) is 1.80. The molecule has 1 nitrogen and oxygen atoms in total. The van der Waals surface area contributed by atoms with E-state index in [-0.39, 0.29) is 0 Å². The Morgan fingerprint density at radius 2 is 1.62 bits per heavy atom. The molecule has 0 saturated carbocycles. The van der Waals surface area contributed by atoms with E-state index in [9.17, 15) is 13.2 Å². The second-order valence-electron chi connectivity index (χ2n) is 3.24. The largest absolute Gasteiger partial charge is 0.431 e. The number of benzene rings is 1. The molecular weight excluding hydrogens is 330 g/mol. The third-order valence-corrected chi connectivity index (χ3v) is 2.86. The molecule has 0 unspecified atom stereocenters. The maximum atomic E-state index is 12.6. The number of aromatic nitrogens is 1. The summed E-state index contributed by atoms with van der Waals surface area (Å²) in [6, 6.07) is 9.33. The van der Waals surface area contributed by atoms with Crippen LogP contribution in [0.1, 0.15) is 5.69 Å². The van der Waals surface area contributed by atoms with E-state index in [1.54, 1.807) is 24.3 Å². The first-order chi connectivity index (χ1) is 7.48. The SMILES string of the molecule is FC(F)(F)c1cccn1-c1ccc(I)cc1. The Morgan fingerprint density at radius 1 is 1.00 bits per heavy atom. The van der Waals surface area contributed by atoms with Gasteiger partial charge in [0.2, 0.25) is 0 Å². The molecule has 84 valence electrons. The van der Waals surface area contributed by atoms with Crippen LogP contribution in [-0.4, -0.2) is 4.57 Å². The normalized spacial score (nSPS) is 11.8. The minimum atomic E-state index is -4.33. The summed E-state index contributed by atoms with van der Waals surface area (Å²) < 4.78 is 40.0. The van der Waals surface area contributed by atoms with Crippen LogP contribution in [0.4, 0.5) is 13.2 Å². The van der Waals surface area contributed by atoms with Crippen LogP contribution in [0.5, 0.6) is 0 Å². The molecule has 0 aliphatic carbocycles.